The van der Waals surface area contributed by atoms with E-state index in [1.807, 2.05) is 26.0 Å². The van der Waals surface area contributed by atoms with Crippen molar-refractivity contribution in [2.75, 3.05) is 11.9 Å². The molecule has 0 aliphatic carbocycles. The minimum Gasteiger partial charge on any atom is -0.394 e. The lowest BCUT2D eigenvalue weighted by Crippen LogP contribution is -2.34. The van der Waals surface area contributed by atoms with Crippen molar-refractivity contribution in [3.05, 3.63) is 15.9 Å². The number of nitrogens with one attached hydrogen (secondary N) is 1. The molecule has 0 aromatic carbocycles. The number of anilines is 1. The average Bonchev–Trinajstić information content (AvgIpc) is 2.35. The van der Waals surface area contributed by atoms with E-state index in [1.54, 1.807) is 11.3 Å². The standard InChI is InChI=1S/C8H12BrNOS/c1-8(2,5-11)10-7-4-3-6(9)12-7/h3-4,10-11H,5H2,1-2H3. The van der Waals surface area contributed by atoms with E-state index in [2.05, 4.69) is 21.2 Å². The van der Waals surface area contributed by atoms with Crippen molar-refractivity contribution in [2.24, 2.45) is 0 Å². The van der Waals surface area contributed by atoms with Gasteiger partial charge in [0.25, 0.3) is 0 Å². The molecule has 1 rings (SSSR count). The van der Waals surface area contributed by atoms with Crippen LogP contribution in [0.5, 0.6) is 0 Å². The molecule has 0 spiro atoms. The van der Waals surface area contributed by atoms with Crippen LogP contribution in [-0.2, 0) is 0 Å². The second-order valence-electron chi connectivity index (χ2n) is 3.27. The van der Waals surface area contributed by atoms with E-state index in [0.717, 1.165) is 8.79 Å². The molecule has 4 heteroatoms. The number of aliphatic hydroxyl groups excluding tert-OH is 1. The Labute approximate surface area is 84.7 Å². The first kappa shape index (κ1) is 10.0. The Balaban J connectivity index is 2.63. The maximum absolute atomic E-state index is 8.99. The smallest absolute Gasteiger partial charge is 0.0899 e. The molecule has 0 aliphatic rings. The Morgan fingerprint density at radius 1 is 1.58 bits per heavy atom. The van der Waals surface area contributed by atoms with E-state index in [0.29, 0.717) is 0 Å². The van der Waals surface area contributed by atoms with Crippen molar-refractivity contribution >= 4 is 32.3 Å². The minimum absolute atomic E-state index is 0.127. The van der Waals surface area contributed by atoms with Gasteiger partial charge < -0.3 is 10.4 Å². The predicted octanol–water partition coefficient (Wildman–Crippen LogP) is 2.69. The van der Waals surface area contributed by atoms with Gasteiger partial charge in [0.15, 0.2) is 0 Å². The Hall–Kier alpha value is -0.0600. The van der Waals surface area contributed by atoms with Crippen LogP contribution in [-0.4, -0.2) is 17.3 Å². The average molecular weight is 250 g/mol. The van der Waals surface area contributed by atoms with E-state index in [1.165, 1.54) is 0 Å². The van der Waals surface area contributed by atoms with Crippen LogP contribution >= 0.6 is 27.3 Å². The molecule has 68 valence electrons. The molecule has 0 saturated heterocycles. The molecule has 1 aromatic rings. The fourth-order valence-electron chi connectivity index (χ4n) is 0.755. The molecule has 1 heterocycles. The molecule has 0 atom stereocenters. The summed E-state index contributed by atoms with van der Waals surface area (Å²) < 4.78 is 1.10. The number of rotatable bonds is 3. The van der Waals surface area contributed by atoms with Crippen LogP contribution < -0.4 is 5.32 Å². The van der Waals surface area contributed by atoms with E-state index in [9.17, 15) is 0 Å². The van der Waals surface area contributed by atoms with Gasteiger partial charge in [-0.25, -0.2) is 0 Å². The van der Waals surface area contributed by atoms with Gasteiger partial charge in [0.1, 0.15) is 0 Å². The van der Waals surface area contributed by atoms with Crippen LogP contribution in [0.2, 0.25) is 0 Å². The Morgan fingerprint density at radius 2 is 2.25 bits per heavy atom. The van der Waals surface area contributed by atoms with E-state index < -0.39 is 0 Å². The zero-order chi connectivity index (χ0) is 9.19. The lowest BCUT2D eigenvalue weighted by molar-refractivity contribution is 0.234. The monoisotopic (exact) mass is 249 g/mol. The van der Waals surface area contributed by atoms with Crippen molar-refractivity contribution in [3.63, 3.8) is 0 Å². The molecule has 0 saturated carbocycles. The number of thiophene rings is 1. The van der Waals surface area contributed by atoms with Crippen molar-refractivity contribution in [1.82, 2.24) is 0 Å². The predicted molar refractivity (Wildman–Crippen MR) is 56.8 cm³/mol. The van der Waals surface area contributed by atoms with Crippen molar-refractivity contribution in [3.8, 4) is 0 Å². The second-order valence-corrected chi connectivity index (χ2v) is 5.73. The highest BCUT2D eigenvalue weighted by molar-refractivity contribution is 9.11. The van der Waals surface area contributed by atoms with Gasteiger partial charge in [0.05, 0.1) is 20.9 Å². The summed E-state index contributed by atoms with van der Waals surface area (Å²) in [4.78, 5) is 0. The molecule has 0 unspecified atom stereocenters. The van der Waals surface area contributed by atoms with E-state index >= 15 is 0 Å². The molecule has 0 aliphatic heterocycles. The fraction of sp³-hybridized carbons (Fsp3) is 0.500. The number of aliphatic hydroxyl groups is 1. The van der Waals surface area contributed by atoms with E-state index in [-0.39, 0.29) is 12.1 Å². The first-order chi connectivity index (χ1) is 5.53. The SMILES string of the molecule is CC(C)(CO)Nc1ccc(Br)s1. The largest absolute Gasteiger partial charge is 0.394 e. The quantitative estimate of drug-likeness (QED) is 0.864. The Bertz CT molecular complexity index is 259. The van der Waals surface area contributed by atoms with Crippen LogP contribution in [0.1, 0.15) is 13.8 Å². The highest BCUT2D eigenvalue weighted by Crippen LogP contribution is 2.28. The van der Waals surface area contributed by atoms with Crippen LogP contribution in [0.4, 0.5) is 5.00 Å². The third-order valence-corrected chi connectivity index (χ3v) is 2.97. The topological polar surface area (TPSA) is 32.3 Å². The van der Waals surface area contributed by atoms with E-state index in [4.69, 9.17) is 5.11 Å². The molecule has 2 N–H and O–H groups in total. The molecule has 0 amide bonds. The summed E-state index contributed by atoms with van der Waals surface area (Å²) in [5.41, 5.74) is -0.246. The lowest BCUT2D eigenvalue weighted by atomic mass is 10.1. The normalized spacial score (nSPS) is 11.7. The van der Waals surface area contributed by atoms with Gasteiger partial charge in [-0.3, -0.25) is 0 Å². The number of hydrogen-bond acceptors (Lipinski definition) is 3. The molecule has 0 fully saturated rings. The highest BCUT2D eigenvalue weighted by Gasteiger charge is 2.15. The summed E-state index contributed by atoms with van der Waals surface area (Å²) in [6, 6.07) is 3.98. The van der Waals surface area contributed by atoms with Crippen molar-refractivity contribution < 1.29 is 5.11 Å². The molecule has 2 nitrogen and oxygen atoms in total. The third kappa shape index (κ3) is 2.77. The van der Waals surface area contributed by atoms with Crippen LogP contribution in [0.15, 0.2) is 15.9 Å². The molecule has 12 heavy (non-hydrogen) atoms. The van der Waals surface area contributed by atoms with Gasteiger partial charge >= 0.3 is 0 Å². The Morgan fingerprint density at radius 3 is 2.67 bits per heavy atom. The second kappa shape index (κ2) is 3.77. The van der Waals surface area contributed by atoms with Crippen LogP contribution in [0.25, 0.3) is 0 Å². The van der Waals surface area contributed by atoms with Gasteiger partial charge in [0.2, 0.25) is 0 Å². The number of halogens is 1. The van der Waals surface area contributed by atoms with Gasteiger partial charge in [-0.15, -0.1) is 11.3 Å². The highest BCUT2D eigenvalue weighted by atomic mass is 79.9. The fourth-order valence-corrected chi connectivity index (χ4v) is 2.22. The zero-order valence-electron chi connectivity index (χ0n) is 7.10. The third-order valence-electron chi connectivity index (χ3n) is 1.43. The summed E-state index contributed by atoms with van der Waals surface area (Å²) in [6.45, 7) is 4.05. The van der Waals surface area contributed by atoms with Gasteiger partial charge in [-0.05, 0) is 41.9 Å². The first-order valence-electron chi connectivity index (χ1n) is 3.68. The van der Waals surface area contributed by atoms with Gasteiger partial charge in [-0.2, -0.15) is 0 Å². The van der Waals surface area contributed by atoms with Gasteiger partial charge in [-0.1, -0.05) is 0 Å². The molecule has 0 bridgehead atoms. The van der Waals surface area contributed by atoms with Crippen molar-refractivity contribution in [2.45, 2.75) is 19.4 Å². The zero-order valence-corrected chi connectivity index (χ0v) is 9.50. The summed E-state index contributed by atoms with van der Waals surface area (Å²) in [5, 5.41) is 13.3. The summed E-state index contributed by atoms with van der Waals surface area (Å²) in [6.07, 6.45) is 0. The minimum atomic E-state index is -0.246. The maximum Gasteiger partial charge on any atom is 0.0899 e. The molecule has 1 aromatic heterocycles. The Kier molecular flexibility index (Phi) is 3.15. The lowest BCUT2D eigenvalue weighted by Gasteiger charge is -2.23. The van der Waals surface area contributed by atoms with Gasteiger partial charge in [0, 0.05) is 0 Å². The molecule has 0 radical (unpaired) electrons. The van der Waals surface area contributed by atoms with Crippen molar-refractivity contribution in [1.29, 1.82) is 0 Å². The molecular weight excluding hydrogens is 238 g/mol. The summed E-state index contributed by atoms with van der Waals surface area (Å²) >= 11 is 5.00. The molecular formula is C8H12BrNOS. The maximum atomic E-state index is 8.99. The summed E-state index contributed by atoms with van der Waals surface area (Å²) in [7, 11) is 0. The van der Waals surface area contributed by atoms with Crippen LogP contribution in [0, 0.1) is 0 Å². The first-order valence-corrected chi connectivity index (χ1v) is 5.29. The summed E-state index contributed by atoms with van der Waals surface area (Å²) in [5.74, 6) is 0. The number of hydrogen-bond donors (Lipinski definition) is 2. The van der Waals surface area contributed by atoms with Crippen LogP contribution in [0.3, 0.4) is 0 Å².